The summed E-state index contributed by atoms with van der Waals surface area (Å²) in [4.78, 5) is 29.6. The normalized spacial score (nSPS) is 11.4. The third-order valence-electron chi connectivity index (χ3n) is 4.27. The number of carbonyl (C=O) groups is 2. The van der Waals surface area contributed by atoms with Gasteiger partial charge in [-0.3, -0.25) is 19.6 Å². The molecule has 6 nitrogen and oxygen atoms in total. The van der Waals surface area contributed by atoms with Crippen LogP contribution in [0.4, 0.5) is 0 Å². The van der Waals surface area contributed by atoms with Gasteiger partial charge in [-0.25, -0.2) is 0 Å². The maximum atomic E-state index is 10.4. The molecule has 1 aromatic rings. The predicted molar refractivity (Wildman–Crippen MR) is 113 cm³/mol. The van der Waals surface area contributed by atoms with Gasteiger partial charge in [-0.2, -0.15) is 0 Å². The van der Waals surface area contributed by atoms with E-state index in [9.17, 15) is 9.59 Å². The molecule has 2 N–H and O–H groups in total. The third kappa shape index (κ3) is 13.7. The molecule has 0 unspecified atom stereocenters. The van der Waals surface area contributed by atoms with Crippen LogP contribution in [0.5, 0.6) is 0 Å². The first-order valence-corrected chi connectivity index (χ1v) is 10.1. The summed E-state index contributed by atoms with van der Waals surface area (Å²) in [6.45, 7) is 1.53. The van der Waals surface area contributed by atoms with Gasteiger partial charge in [-0.05, 0) is 36.8 Å². The maximum absolute atomic E-state index is 10.4. The fraction of sp³-hybridized carbons (Fsp3) is 0.545. The van der Waals surface area contributed by atoms with Crippen molar-refractivity contribution in [3.05, 3.63) is 35.4 Å². The molecule has 0 aromatic heterocycles. The number of carboxylic acid groups (broad SMARTS) is 2. The van der Waals surface area contributed by atoms with E-state index in [1.807, 2.05) is 36.7 Å². The number of carboxylic acids is 2. The van der Waals surface area contributed by atoms with Crippen LogP contribution in [0.3, 0.4) is 0 Å². The number of unbranched alkanes of at least 4 members (excludes halogenated alkanes) is 6. The topological polar surface area (TPSA) is 99.3 Å². The molecule has 1 rings (SSSR count). The second-order valence-corrected chi connectivity index (χ2v) is 6.85. The third-order valence-corrected chi connectivity index (χ3v) is 4.27. The molecule has 0 aliphatic heterocycles. The van der Waals surface area contributed by atoms with Crippen LogP contribution in [0.15, 0.2) is 34.3 Å². The van der Waals surface area contributed by atoms with Crippen LogP contribution < -0.4 is 0 Å². The standard InChI is InChI=1S/C22H32N2O4/c25-21(26)9-5-1-3-7-15-23-17-19-11-13-20(14-12-19)18-24-16-8-4-2-6-10-22(27)28/h11-14,17-18H,1-10,15-16H2,(H,25,26)(H,27,28). The Morgan fingerprint density at radius 1 is 0.643 bits per heavy atom. The highest BCUT2D eigenvalue weighted by molar-refractivity contribution is 5.84. The molecular formula is C22H32N2O4. The van der Waals surface area contributed by atoms with Crippen LogP contribution in [0.2, 0.25) is 0 Å². The van der Waals surface area contributed by atoms with Gasteiger partial charge in [-0.15, -0.1) is 0 Å². The highest BCUT2D eigenvalue weighted by Crippen LogP contribution is 2.05. The minimum absolute atomic E-state index is 0.256. The van der Waals surface area contributed by atoms with Crippen LogP contribution in [0, 0.1) is 0 Å². The highest BCUT2D eigenvalue weighted by atomic mass is 16.4. The van der Waals surface area contributed by atoms with Gasteiger partial charge in [-0.1, -0.05) is 49.9 Å². The molecule has 0 saturated heterocycles. The van der Waals surface area contributed by atoms with Crippen molar-refractivity contribution in [3.63, 3.8) is 0 Å². The fourth-order valence-corrected chi connectivity index (χ4v) is 2.67. The van der Waals surface area contributed by atoms with E-state index in [0.29, 0.717) is 0 Å². The molecule has 154 valence electrons. The lowest BCUT2D eigenvalue weighted by atomic mass is 10.1. The van der Waals surface area contributed by atoms with E-state index in [4.69, 9.17) is 10.2 Å². The Morgan fingerprint density at radius 3 is 1.36 bits per heavy atom. The van der Waals surface area contributed by atoms with E-state index in [2.05, 4.69) is 9.98 Å². The molecule has 0 fully saturated rings. The number of nitrogens with zero attached hydrogens (tertiary/aromatic N) is 2. The van der Waals surface area contributed by atoms with Crippen molar-refractivity contribution in [2.24, 2.45) is 9.98 Å². The van der Waals surface area contributed by atoms with Crippen molar-refractivity contribution >= 4 is 24.4 Å². The Hall–Kier alpha value is -2.50. The molecule has 0 heterocycles. The molecule has 6 heteroatoms. The summed E-state index contributed by atoms with van der Waals surface area (Å²) in [6.07, 6.45) is 11.6. The first kappa shape index (κ1) is 23.5. The first-order chi connectivity index (χ1) is 13.6. The SMILES string of the molecule is O=C(O)CCCCCCN=Cc1ccc(C=NCCCCCCC(=O)O)cc1. The molecule has 0 saturated carbocycles. The van der Waals surface area contributed by atoms with Crippen LogP contribution >= 0.6 is 0 Å². The molecule has 0 aliphatic rings. The van der Waals surface area contributed by atoms with Gasteiger partial charge in [0.15, 0.2) is 0 Å². The summed E-state index contributed by atoms with van der Waals surface area (Å²) in [6, 6.07) is 8.07. The van der Waals surface area contributed by atoms with Gasteiger partial charge in [0.2, 0.25) is 0 Å². The van der Waals surface area contributed by atoms with Crippen LogP contribution in [0.25, 0.3) is 0 Å². The first-order valence-electron chi connectivity index (χ1n) is 10.1. The zero-order valence-electron chi connectivity index (χ0n) is 16.6. The number of aliphatic carboxylic acids is 2. The second kappa shape index (κ2) is 15.5. The number of benzene rings is 1. The predicted octanol–water partition coefficient (Wildman–Crippen LogP) is 4.59. The molecule has 0 aliphatic carbocycles. The van der Waals surface area contributed by atoms with Crippen LogP contribution in [-0.2, 0) is 9.59 Å². The lowest BCUT2D eigenvalue weighted by Crippen LogP contribution is -1.94. The van der Waals surface area contributed by atoms with Gasteiger partial charge < -0.3 is 10.2 Å². The monoisotopic (exact) mass is 388 g/mol. The number of hydrogen-bond donors (Lipinski definition) is 2. The Balaban J connectivity index is 2.12. The van der Waals surface area contributed by atoms with E-state index < -0.39 is 11.9 Å². The van der Waals surface area contributed by atoms with Gasteiger partial charge in [0.05, 0.1) is 0 Å². The average molecular weight is 389 g/mol. The van der Waals surface area contributed by atoms with Gasteiger partial charge in [0, 0.05) is 38.4 Å². The lowest BCUT2D eigenvalue weighted by Gasteiger charge is -1.99. The summed E-state index contributed by atoms with van der Waals surface area (Å²) in [7, 11) is 0. The van der Waals surface area contributed by atoms with E-state index in [1.165, 1.54) is 0 Å². The molecule has 28 heavy (non-hydrogen) atoms. The van der Waals surface area contributed by atoms with Crippen LogP contribution in [0.1, 0.15) is 75.3 Å². The number of rotatable bonds is 16. The van der Waals surface area contributed by atoms with Crippen molar-refractivity contribution < 1.29 is 19.8 Å². The zero-order chi connectivity index (χ0) is 20.5. The van der Waals surface area contributed by atoms with Crippen LogP contribution in [-0.4, -0.2) is 47.7 Å². The minimum Gasteiger partial charge on any atom is -0.481 e. The average Bonchev–Trinajstić information content (AvgIpc) is 2.66. The van der Waals surface area contributed by atoms with Gasteiger partial charge >= 0.3 is 11.9 Å². The zero-order valence-corrected chi connectivity index (χ0v) is 16.6. The molecule has 0 radical (unpaired) electrons. The molecule has 0 amide bonds. The smallest absolute Gasteiger partial charge is 0.303 e. The maximum Gasteiger partial charge on any atom is 0.303 e. The molecule has 0 bridgehead atoms. The molecular weight excluding hydrogens is 356 g/mol. The van der Waals surface area contributed by atoms with Crippen molar-refractivity contribution in [1.82, 2.24) is 0 Å². The Labute approximate surface area is 167 Å². The van der Waals surface area contributed by atoms with Crippen molar-refractivity contribution in [1.29, 1.82) is 0 Å². The highest BCUT2D eigenvalue weighted by Gasteiger charge is 1.97. The summed E-state index contributed by atoms with van der Waals surface area (Å²) >= 11 is 0. The van der Waals surface area contributed by atoms with E-state index in [-0.39, 0.29) is 12.8 Å². The fourth-order valence-electron chi connectivity index (χ4n) is 2.67. The van der Waals surface area contributed by atoms with E-state index in [0.717, 1.165) is 75.6 Å². The second-order valence-electron chi connectivity index (χ2n) is 6.85. The number of hydrogen-bond acceptors (Lipinski definition) is 4. The molecule has 0 atom stereocenters. The summed E-state index contributed by atoms with van der Waals surface area (Å²) in [5.41, 5.74) is 2.11. The van der Waals surface area contributed by atoms with Crippen molar-refractivity contribution in [2.75, 3.05) is 13.1 Å². The summed E-state index contributed by atoms with van der Waals surface area (Å²) in [5.74, 6) is -1.45. The van der Waals surface area contributed by atoms with E-state index >= 15 is 0 Å². The van der Waals surface area contributed by atoms with Crippen molar-refractivity contribution in [3.8, 4) is 0 Å². The quantitative estimate of drug-likeness (QED) is 0.319. The Kier molecular flexibility index (Phi) is 13.1. The number of aliphatic imine (C=N–C) groups is 2. The van der Waals surface area contributed by atoms with Gasteiger partial charge in [0.25, 0.3) is 0 Å². The lowest BCUT2D eigenvalue weighted by molar-refractivity contribution is -0.138. The largest absolute Gasteiger partial charge is 0.481 e. The Morgan fingerprint density at radius 2 is 1.00 bits per heavy atom. The summed E-state index contributed by atoms with van der Waals surface area (Å²) < 4.78 is 0. The Bertz CT molecular complexity index is 569. The van der Waals surface area contributed by atoms with Crippen molar-refractivity contribution in [2.45, 2.75) is 64.2 Å². The molecule has 1 aromatic carbocycles. The van der Waals surface area contributed by atoms with E-state index in [1.54, 1.807) is 0 Å². The van der Waals surface area contributed by atoms with Gasteiger partial charge in [0.1, 0.15) is 0 Å². The minimum atomic E-state index is -0.723. The summed E-state index contributed by atoms with van der Waals surface area (Å²) in [5, 5.41) is 17.1. The molecule has 0 spiro atoms.